The molecule has 4 rings (SSSR count). The van der Waals surface area contributed by atoms with E-state index in [1.165, 1.54) is 12.1 Å². The van der Waals surface area contributed by atoms with Crippen LogP contribution in [-0.2, 0) is 23.1 Å². The number of halogens is 2. The van der Waals surface area contributed by atoms with Crippen molar-refractivity contribution in [3.8, 4) is 0 Å². The molecular formula is C21H24ClFN4O2S. The van der Waals surface area contributed by atoms with Crippen molar-refractivity contribution in [3.63, 3.8) is 0 Å². The lowest BCUT2D eigenvalue weighted by atomic mass is 10.2. The molecule has 0 bridgehead atoms. The van der Waals surface area contributed by atoms with Gasteiger partial charge in [-0.15, -0.1) is 0 Å². The highest BCUT2D eigenvalue weighted by molar-refractivity contribution is 7.89. The minimum absolute atomic E-state index is 0.0524. The monoisotopic (exact) mass is 450 g/mol. The molecule has 30 heavy (non-hydrogen) atoms. The lowest BCUT2D eigenvalue weighted by molar-refractivity contribution is 0.346. The van der Waals surface area contributed by atoms with Crippen LogP contribution >= 0.6 is 11.6 Å². The van der Waals surface area contributed by atoms with E-state index in [-0.39, 0.29) is 9.92 Å². The highest BCUT2D eigenvalue weighted by Gasteiger charge is 2.26. The van der Waals surface area contributed by atoms with E-state index < -0.39 is 15.8 Å². The van der Waals surface area contributed by atoms with Crippen molar-refractivity contribution in [2.45, 2.75) is 44.2 Å². The van der Waals surface area contributed by atoms with Crippen molar-refractivity contribution in [1.29, 1.82) is 0 Å². The van der Waals surface area contributed by atoms with Gasteiger partial charge in [0.2, 0.25) is 10.0 Å². The van der Waals surface area contributed by atoms with Crippen LogP contribution in [0.4, 0.5) is 10.1 Å². The second-order valence-corrected chi connectivity index (χ2v) is 9.72. The number of aromatic nitrogens is 2. The molecule has 1 N–H and O–H groups in total. The highest BCUT2D eigenvalue weighted by atomic mass is 35.5. The quantitative estimate of drug-likeness (QED) is 0.594. The molecule has 1 aromatic heterocycles. The molecule has 0 spiro atoms. The zero-order valence-corrected chi connectivity index (χ0v) is 18.3. The van der Waals surface area contributed by atoms with Crippen LogP contribution in [-0.4, -0.2) is 35.4 Å². The van der Waals surface area contributed by atoms with Crippen LogP contribution in [0.2, 0.25) is 5.02 Å². The molecule has 2 aromatic carbocycles. The van der Waals surface area contributed by atoms with E-state index in [1.807, 2.05) is 17.6 Å². The van der Waals surface area contributed by atoms with Gasteiger partial charge in [-0.3, -0.25) is 0 Å². The summed E-state index contributed by atoms with van der Waals surface area (Å²) in [6, 6.07) is 9.59. The second-order valence-electron chi connectivity index (χ2n) is 7.37. The Labute approximate surface area is 180 Å². The van der Waals surface area contributed by atoms with Crippen LogP contribution in [0, 0.1) is 5.82 Å². The maximum Gasteiger partial charge on any atom is 0.243 e. The summed E-state index contributed by atoms with van der Waals surface area (Å²) in [7, 11) is -3.51. The van der Waals surface area contributed by atoms with Gasteiger partial charge in [0.25, 0.3) is 0 Å². The number of aryl methyl sites for hydroxylation is 1. The standard InChI is InChI=1S/C21H24ClFN4O2S/c1-2-27-20-9-7-16(30(28,29)26-10-4-3-5-11-26)13-19(20)25-21(27)14-24-15-6-8-18(23)17(22)12-15/h6-9,12-13,24H,2-5,10-11,14H2,1H3. The van der Waals surface area contributed by atoms with E-state index in [9.17, 15) is 12.8 Å². The minimum Gasteiger partial charge on any atom is -0.378 e. The fourth-order valence-electron chi connectivity index (χ4n) is 3.85. The summed E-state index contributed by atoms with van der Waals surface area (Å²) < 4.78 is 43.0. The third-order valence-electron chi connectivity index (χ3n) is 5.44. The van der Waals surface area contributed by atoms with Crippen molar-refractivity contribution in [2.24, 2.45) is 0 Å². The molecule has 0 aliphatic carbocycles. The molecule has 1 saturated heterocycles. The predicted octanol–water partition coefficient (Wildman–Crippen LogP) is 4.64. The van der Waals surface area contributed by atoms with Gasteiger partial charge in [-0.25, -0.2) is 17.8 Å². The summed E-state index contributed by atoms with van der Waals surface area (Å²) in [6.45, 7) is 4.24. The summed E-state index contributed by atoms with van der Waals surface area (Å²) in [5, 5.41) is 3.25. The number of hydrogen-bond donors (Lipinski definition) is 1. The number of fused-ring (bicyclic) bond motifs is 1. The Balaban J connectivity index is 1.62. The third kappa shape index (κ3) is 4.04. The maximum atomic E-state index is 13.4. The lowest BCUT2D eigenvalue weighted by Gasteiger charge is -2.25. The zero-order chi connectivity index (χ0) is 21.3. The summed E-state index contributed by atoms with van der Waals surface area (Å²) in [6.07, 6.45) is 2.87. The molecule has 0 unspecified atom stereocenters. The molecule has 0 radical (unpaired) electrons. The number of nitrogens with one attached hydrogen (secondary N) is 1. The van der Waals surface area contributed by atoms with Gasteiger partial charge in [-0.1, -0.05) is 18.0 Å². The Kier molecular flexibility index (Phi) is 5.99. The molecular weight excluding hydrogens is 427 g/mol. The van der Waals surface area contributed by atoms with Gasteiger partial charge in [-0.05, 0) is 56.2 Å². The molecule has 3 aromatic rings. The summed E-state index contributed by atoms with van der Waals surface area (Å²) >= 11 is 5.85. The first kappa shape index (κ1) is 21.1. The van der Waals surface area contributed by atoms with E-state index in [0.29, 0.717) is 37.4 Å². The van der Waals surface area contributed by atoms with Crippen LogP contribution in [0.15, 0.2) is 41.3 Å². The van der Waals surface area contributed by atoms with E-state index in [0.717, 1.165) is 30.6 Å². The molecule has 1 aliphatic heterocycles. The normalized spacial score (nSPS) is 15.6. The van der Waals surface area contributed by atoms with Gasteiger partial charge < -0.3 is 9.88 Å². The van der Waals surface area contributed by atoms with E-state index >= 15 is 0 Å². The van der Waals surface area contributed by atoms with Gasteiger partial charge in [-0.2, -0.15) is 4.31 Å². The Morgan fingerprint density at radius 3 is 2.60 bits per heavy atom. The van der Waals surface area contributed by atoms with E-state index in [1.54, 1.807) is 22.5 Å². The van der Waals surface area contributed by atoms with Crippen molar-refractivity contribution >= 4 is 38.3 Å². The fourth-order valence-corrected chi connectivity index (χ4v) is 5.57. The molecule has 1 fully saturated rings. The van der Waals surface area contributed by atoms with Crippen LogP contribution < -0.4 is 5.32 Å². The molecule has 9 heteroatoms. The fraction of sp³-hybridized carbons (Fsp3) is 0.381. The number of benzene rings is 2. The molecule has 6 nitrogen and oxygen atoms in total. The molecule has 160 valence electrons. The van der Waals surface area contributed by atoms with Crippen molar-refractivity contribution < 1.29 is 12.8 Å². The van der Waals surface area contributed by atoms with Crippen LogP contribution in [0.1, 0.15) is 32.0 Å². The summed E-state index contributed by atoms with van der Waals surface area (Å²) in [4.78, 5) is 4.95. The second kappa shape index (κ2) is 8.53. The smallest absolute Gasteiger partial charge is 0.243 e. The number of sulfonamides is 1. The van der Waals surface area contributed by atoms with Crippen molar-refractivity contribution in [2.75, 3.05) is 18.4 Å². The van der Waals surface area contributed by atoms with Crippen molar-refractivity contribution in [1.82, 2.24) is 13.9 Å². The van der Waals surface area contributed by atoms with Crippen molar-refractivity contribution in [3.05, 3.63) is 53.1 Å². The van der Waals surface area contributed by atoms with Crippen LogP contribution in [0.3, 0.4) is 0 Å². The molecule has 0 amide bonds. The average Bonchev–Trinajstić information content (AvgIpc) is 3.12. The molecule has 0 atom stereocenters. The topological polar surface area (TPSA) is 67.2 Å². The van der Waals surface area contributed by atoms with E-state index in [2.05, 4.69) is 10.3 Å². The third-order valence-corrected chi connectivity index (χ3v) is 7.62. The average molecular weight is 451 g/mol. The van der Waals surface area contributed by atoms with E-state index in [4.69, 9.17) is 11.6 Å². The summed E-state index contributed by atoms with van der Waals surface area (Å²) in [5.41, 5.74) is 2.21. The Hall–Kier alpha value is -2.16. The molecule has 2 heterocycles. The number of imidazole rings is 1. The zero-order valence-electron chi connectivity index (χ0n) is 16.7. The predicted molar refractivity (Wildman–Crippen MR) is 117 cm³/mol. The molecule has 0 saturated carbocycles. The van der Waals surface area contributed by atoms with Gasteiger partial charge in [0, 0.05) is 25.3 Å². The number of rotatable bonds is 6. The van der Waals surface area contributed by atoms with Crippen LogP contribution in [0.5, 0.6) is 0 Å². The number of nitrogens with zero attached hydrogens (tertiary/aromatic N) is 3. The minimum atomic E-state index is -3.51. The number of piperidine rings is 1. The molecule has 1 aliphatic rings. The lowest BCUT2D eigenvalue weighted by Crippen LogP contribution is -2.35. The van der Waals surface area contributed by atoms with Gasteiger partial charge in [0.05, 0.1) is 27.5 Å². The van der Waals surface area contributed by atoms with Gasteiger partial charge in [0.15, 0.2) is 0 Å². The number of anilines is 1. The summed E-state index contributed by atoms with van der Waals surface area (Å²) in [5.74, 6) is 0.297. The Bertz CT molecular complexity index is 1170. The van der Waals surface area contributed by atoms with Crippen LogP contribution in [0.25, 0.3) is 11.0 Å². The largest absolute Gasteiger partial charge is 0.378 e. The first-order valence-corrected chi connectivity index (χ1v) is 11.9. The Morgan fingerprint density at radius 2 is 1.90 bits per heavy atom. The van der Waals surface area contributed by atoms with Gasteiger partial charge in [0.1, 0.15) is 11.6 Å². The Morgan fingerprint density at radius 1 is 1.13 bits per heavy atom. The SMILES string of the molecule is CCn1c(CNc2ccc(F)c(Cl)c2)nc2cc(S(=O)(=O)N3CCCCC3)ccc21. The highest BCUT2D eigenvalue weighted by Crippen LogP contribution is 2.26. The first-order valence-electron chi connectivity index (χ1n) is 10.1. The maximum absolute atomic E-state index is 13.4. The number of hydrogen-bond acceptors (Lipinski definition) is 4. The van der Waals surface area contributed by atoms with Gasteiger partial charge >= 0.3 is 0 Å². The first-order chi connectivity index (χ1) is 14.4.